The molecule has 0 aromatic heterocycles. The van der Waals surface area contributed by atoms with Crippen molar-refractivity contribution in [2.75, 3.05) is 24.2 Å². The van der Waals surface area contributed by atoms with E-state index >= 15 is 0 Å². The average Bonchev–Trinajstić information content (AvgIpc) is 2.66. The molecule has 6 nitrogen and oxygen atoms in total. The highest BCUT2D eigenvalue weighted by Crippen LogP contribution is 2.32. The van der Waals surface area contributed by atoms with E-state index in [1.807, 2.05) is 37.3 Å². The van der Waals surface area contributed by atoms with Crippen molar-refractivity contribution in [1.29, 1.82) is 0 Å². The van der Waals surface area contributed by atoms with Crippen LogP contribution in [0.15, 0.2) is 42.5 Å². The van der Waals surface area contributed by atoms with Crippen LogP contribution in [0.1, 0.15) is 35.6 Å². The number of anilines is 1. The summed E-state index contributed by atoms with van der Waals surface area (Å²) in [6.07, 6.45) is 3.84. The number of rotatable bonds is 6. The van der Waals surface area contributed by atoms with E-state index in [2.05, 4.69) is 5.32 Å². The fourth-order valence-corrected chi connectivity index (χ4v) is 4.41. The maximum Gasteiger partial charge on any atom is 0.241 e. The van der Waals surface area contributed by atoms with Gasteiger partial charge in [-0.3, -0.25) is 9.10 Å². The first-order valence-electron chi connectivity index (χ1n) is 9.28. The summed E-state index contributed by atoms with van der Waals surface area (Å²) in [4.78, 5) is 12.7. The van der Waals surface area contributed by atoms with Crippen LogP contribution in [0, 0.1) is 6.92 Å². The molecule has 1 aliphatic carbocycles. The molecule has 1 N–H and O–H groups in total. The standard InChI is InChI=1S/C21H26N2O4S/c1-15-7-9-17(10-8-15)23(28(3,25)26)14-21(24)22-20-6-4-5-16-13-18(27-2)11-12-19(16)20/h7-13,20H,4-6,14H2,1-3H3,(H,22,24). The Bertz CT molecular complexity index is 955. The Labute approximate surface area is 166 Å². The summed E-state index contributed by atoms with van der Waals surface area (Å²) in [6.45, 7) is 1.68. The highest BCUT2D eigenvalue weighted by atomic mass is 32.2. The Balaban J connectivity index is 1.76. The van der Waals surface area contributed by atoms with Gasteiger partial charge in [0.05, 0.1) is 25.1 Å². The molecule has 1 aliphatic rings. The lowest BCUT2D eigenvalue weighted by Crippen LogP contribution is -2.42. The Morgan fingerprint density at radius 2 is 1.93 bits per heavy atom. The molecule has 0 aliphatic heterocycles. The number of ether oxygens (including phenoxy) is 1. The lowest BCUT2D eigenvalue weighted by Gasteiger charge is -2.28. The van der Waals surface area contributed by atoms with Gasteiger partial charge in [0.2, 0.25) is 15.9 Å². The van der Waals surface area contributed by atoms with Crippen LogP contribution in [0.5, 0.6) is 5.75 Å². The molecule has 0 saturated heterocycles. The number of aryl methyl sites for hydroxylation is 2. The zero-order chi connectivity index (χ0) is 20.3. The van der Waals surface area contributed by atoms with Gasteiger partial charge in [-0.05, 0) is 61.6 Å². The van der Waals surface area contributed by atoms with E-state index in [-0.39, 0.29) is 18.5 Å². The molecule has 2 aromatic rings. The van der Waals surface area contributed by atoms with Gasteiger partial charge in [0, 0.05) is 0 Å². The molecule has 0 radical (unpaired) electrons. The number of fused-ring (bicyclic) bond motifs is 1. The number of nitrogens with one attached hydrogen (secondary N) is 1. The number of carbonyl (C=O) groups excluding carboxylic acids is 1. The second-order valence-corrected chi connectivity index (χ2v) is 9.09. The Hall–Kier alpha value is -2.54. The van der Waals surface area contributed by atoms with Crippen LogP contribution in [-0.2, 0) is 21.2 Å². The van der Waals surface area contributed by atoms with Gasteiger partial charge in [0.1, 0.15) is 12.3 Å². The zero-order valence-electron chi connectivity index (χ0n) is 16.4. The van der Waals surface area contributed by atoms with Crippen molar-refractivity contribution >= 4 is 21.6 Å². The van der Waals surface area contributed by atoms with Crippen molar-refractivity contribution in [2.45, 2.75) is 32.2 Å². The molecule has 7 heteroatoms. The molecule has 2 aromatic carbocycles. The smallest absolute Gasteiger partial charge is 0.241 e. The Morgan fingerprint density at radius 1 is 1.21 bits per heavy atom. The van der Waals surface area contributed by atoms with E-state index in [9.17, 15) is 13.2 Å². The van der Waals surface area contributed by atoms with Gasteiger partial charge < -0.3 is 10.1 Å². The second kappa shape index (κ2) is 8.22. The number of methoxy groups -OCH3 is 1. The highest BCUT2D eigenvalue weighted by Gasteiger charge is 2.25. The predicted molar refractivity (Wildman–Crippen MR) is 110 cm³/mol. The molecule has 0 fully saturated rings. The van der Waals surface area contributed by atoms with Crippen LogP contribution in [0.4, 0.5) is 5.69 Å². The van der Waals surface area contributed by atoms with E-state index in [1.54, 1.807) is 19.2 Å². The van der Waals surface area contributed by atoms with Crippen molar-refractivity contribution < 1.29 is 17.9 Å². The van der Waals surface area contributed by atoms with Crippen molar-refractivity contribution in [3.05, 3.63) is 59.2 Å². The lowest BCUT2D eigenvalue weighted by atomic mass is 9.87. The summed E-state index contributed by atoms with van der Waals surface area (Å²) in [5.74, 6) is 0.480. The van der Waals surface area contributed by atoms with E-state index in [1.165, 1.54) is 0 Å². The molecule has 0 spiro atoms. The third-order valence-electron chi connectivity index (χ3n) is 5.01. The molecular weight excluding hydrogens is 376 g/mol. The number of hydrogen-bond acceptors (Lipinski definition) is 4. The fraction of sp³-hybridized carbons (Fsp3) is 0.381. The largest absolute Gasteiger partial charge is 0.497 e. The van der Waals surface area contributed by atoms with Crippen LogP contribution in [0.25, 0.3) is 0 Å². The van der Waals surface area contributed by atoms with Crippen molar-refractivity contribution in [1.82, 2.24) is 5.32 Å². The summed E-state index contributed by atoms with van der Waals surface area (Å²) >= 11 is 0. The van der Waals surface area contributed by atoms with Crippen LogP contribution < -0.4 is 14.4 Å². The minimum atomic E-state index is -3.58. The van der Waals surface area contributed by atoms with E-state index < -0.39 is 10.0 Å². The molecule has 0 bridgehead atoms. The van der Waals surface area contributed by atoms with Gasteiger partial charge in [-0.2, -0.15) is 0 Å². The summed E-state index contributed by atoms with van der Waals surface area (Å²) in [6, 6.07) is 12.8. The van der Waals surface area contributed by atoms with Gasteiger partial charge in [-0.25, -0.2) is 8.42 Å². The predicted octanol–water partition coefficient (Wildman–Crippen LogP) is 2.96. The third-order valence-corrected chi connectivity index (χ3v) is 6.15. The molecule has 1 amide bonds. The van der Waals surface area contributed by atoms with Crippen molar-refractivity contribution in [2.24, 2.45) is 0 Å². The van der Waals surface area contributed by atoms with Gasteiger partial charge in [-0.15, -0.1) is 0 Å². The second-order valence-electron chi connectivity index (χ2n) is 7.18. The topological polar surface area (TPSA) is 75.7 Å². The molecule has 1 unspecified atom stereocenters. The number of sulfonamides is 1. The highest BCUT2D eigenvalue weighted by molar-refractivity contribution is 7.92. The molecule has 0 heterocycles. The number of hydrogen-bond donors (Lipinski definition) is 1. The van der Waals surface area contributed by atoms with Crippen LogP contribution in [-0.4, -0.2) is 34.2 Å². The molecule has 150 valence electrons. The van der Waals surface area contributed by atoms with Crippen LogP contribution >= 0.6 is 0 Å². The minimum absolute atomic E-state index is 0.124. The lowest BCUT2D eigenvalue weighted by molar-refractivity contribution is -0.120. The van der Waals surface area contributed by atoms with E-state index in [0.717, 1.165) is 52.3 Å². The summed E-state index contributed by atoms with van der Waals surface area (Å²) in [5, 5.41) is 3.01. The Morgan fingerprint density at radius 3 is 2.57 bits per heavy atom. The molecular formula is C21H26N2O4S. The maximum atomic E-state index is 12.7. The normalized spacial score (nSPS) is 16.2. The summed E-state index contributed by atoms with van der Waals surface area (Å²) in [7, 11) is -1.95. The van der Waals surface area contributed by atoms with Crippen molar-refractivity contribution in [3.63, 3.8) is 0 Å². The molecule has 0 saturated carbocycles. The maximum absolute atomic E-state index is 12.7. The summed E-state index contributed by atoms with van der Waals surface area (Å²) in [5.41, 5.74) is 3.74. The SMILES string of the molecule is COc1ccc2c(c1)CCCC2NC(=O)CN(c1ccc(C)cc1)S(C)(=O)=O. The Kier molecular flexibility index (Phi) is 5.93. The van der Waals surface area contributed by atoms with E-state index in [0.29, 0.717) is 5.69 Å². The van der Waals surface area contributed by atoms with E-state index in [4.69, 9.17) is 4.74 Å². The minimum Gasteiger partial charge on any atom is -0.497 e. The summed E-state index contributed by atoms with van der Waals surface area (Å²) < 4.78 is 30.9. The first kappa shape index (κ1) is 20.2. The monoisotopic (exact) mass is 402 g/mol. The van der Waals surface area contributed by atoms with Crippen LogP contribution in [0.3, 0.4) is 0 Å². The molecule has 3 rings (SSSR count). The van der Waals surface area contributed by atoms with Gasteiger partial charge >= 0.3 is 0 Å². The zero-order valence-corrected chi connectivity index (χ0v) is 17.3. The number of nitrogens with zero attached hydrogens (tertiary/aromatic N) is 1. The van der Waals surface area contributed by atoms with Gasteiger partial charge in [0.15, 0.2) is 0 Å². The quantitative estimate of drug-likeness (QED) is 0.806. The van der Waals surface area contributed by atoms with Gasteiger partial charge in [-0.1, -0.05) is 23.8 Å². The first-order valence-corrected chi connectivity index (χ1v) is 11.1. The fourth-order valence-electron chi connectivity index (χ4n) is 3.55. The molecule has 28 heavy (non-hydrogen) atoms. The number of carbonyl (C=O) groups is 1. The van der Waals surface area contributed by atoms with Crippen LogP contribution in [0.2, 0.25) is 0 Å². The number of benzene rings is 2. The number of amides is 1. The first-order chi connectivity index (χ1) is 13.3. The average molecular weight is 403 g/mol. The molecule has 1 atom stereocenters. The van der Waals surface area contributed by atoms with Gasteiger partial charge in [0.25, 0.3) is 0 Å². The third kappa shape index (κ3) is 4.65. The van der Waals surface area contributed by atoms with Crippen molar-refractivity contribution in [3.8, 4) is 5.75 Å².